The minimum atomic E-state index is -0.259. The molecular formula is C18H18N2OS. The van der Waals surface area contributed by atoms with E-state index in [0.717, 1.165) is 11.3 Å². The van der Waals surface area contributed by atoms with Gasteiger partial charge in [0.1, 0.15) is 0 Å². The number of nitrogens with one attached hydrogen (secondary N) is 2. The Hall–Kier alpha value is -2.46. The Balaban J connectivity index is 1.87. The van der Waals surface area contributed by atoms with Gasteiger partial charge in [-0.05, 0) is 49.8 Å². The van der Waals surface area contributed by atoms with Gasteiger partial charge in [0.2, 0.25) is 5.91 Å². The van der Waals surface area contributed by atoms with Gasteiger partial charge in [-0.15, -0.1) is 0 Å². The van der Waals surface area contributed by atoms with Gasteiger partial charge in [-0.2, -0.15) is 0 Å². The summed E-state index contributed by atoms with van der Waals surface area (Å²) in [5, 5.41) is 5.87. The number of rotatable bonds is 3. The summed E-state index contributed by atoms with van der Waals surface area (Å²) in [4.78, 5) is 11.8. The molecule has 22 heavy (non-hydrogen) atoms. The summed E-state index contributed by atoms with van der Waals surface area (Å²) in [5.74, 6) is -0.259. The fourth-order valence-electron chi connectivity index (χ4n) is 1.80. The van der Waals surface area contributed by atoms with Crippen molar-refractivity contribution in [2.45, 2.75) is 13.8 Å². The summed E-state index contributed by atoms with van der Waals surface area (Å²) in [6, 6.07) is 15.7. The topological polar surface area (TPSA) is 41.1 Å². The minimum absolute atomic E-state index is 0.259. The Morgan fingerprint density at radius 1 is 0.955 bits per heavy atom. The van der Waals surface area contributed by atoms with Crippen LogP contribution in [0.4, 0.5) is 5.69 Å². The number of carbonyl (C=O) groups excluding carboxylic acids is 1. The van der Waals surface area contributed by atoms with Crippen molar-refractivity contribution in [2.75, 3.05) is 5.32 Å². The molecule has 2 aromatic carbocycles. The van der Waals surface area contributed by atoms with E-state index in [1.54, 1.807) is 6.08 Å². The zero-order chi connectivity index (χ0) is 15.9. The average Bonchev–Trinajstić information content (AvgIpc) is 2.49. The molecule has 2 aromatic rings. The Bertz CT molecular complexity index is 688. The van der Waals surface area contributed by atoms with Crippen LogP contribution in [-0.2, 0) is 4.79 Å². The lowest BCUT2D eigenvalue weighted by Crippen LogP contribution is -2.32. The molecule has 0 bridgehead atoms. The van der Waals surface area contributed by atoms with Crippen molar-refractivity contribution in [3.63, 3.8) is 0 Å². The normalized spacial score (nSPS) is 10.5. The molecule has 0 unspecified atom stereocenters. The van der Waals surface area contributed by atoms with E-state index in [1.165, 1.54) is 17.2 Å². The Morgan fingerprint density at radius 2 is 1.50 bits per heavy atom. The molecule has 0 saturated carbocycles. The molecule has 0 atom stereocenters. The Morgan fingerprint density at radius 3 is 2.09 bits per heavy atom. The molecule has 0 spiro atoms. The molecule has 0 saturated heterocycles. The first-order chi connectivity index (χ1) is 10.5. The largest absolute Gasteiger partial charge is 0.332 e. The highest BCUT2D eigenvalue weighted by Gasteiger charge is 2.01. The number of thiocarbonyl (C=S) groups is 1. The molecule has 0 aliphatic rings. The summed E-state index contributed by atoms with van der Waals surface area (Å²) in [6.07, 6.45) is 3.22. The molecule has 2 N–H and O–H groups in total. The van der Waals surface area contributed by atoms with Crippen LogP contribution in [0.5, 0.6) is 0 Å². The van der Waals surface area contributed by atoms with Gasteiger partial charge in [-0.3, -0.25) is 10.1 Å². The molecule has 0 aromatic heterocycles. The molecule has 0 aliphatic heterocycles. The maximum Gasteiger partial charge on any atom is 0.250 e. The fourth-order valence-corrected chi connectivity index (χ4v) is 2.02. The minimum Gasteiger partial charge on any atom is -0.332 e. The number of benzene rings is 2. The van der Waals surface area contributed by atoms with E-state index >= 15 is 0 Å². The van der Waals surface area contributed by atoms with Crippen molar-refractivity contribution < 1.29 is 4.79 Å². The van der Waals surface area contributed by atoms with Crippen LogP contribution in [0.1, 0.15) is 16.7 Å². The zero-order valence-electron chi connectivity index (χ0n) is 12.6. The lowest BCUT2D eigenvalue weighted by molar-refractivity contribution is -0.115. The number of carbonyl (C=O) groups is 1. The third-order valence-corrected chi connectivity index (χ3v) is 3.25. The monoisotopic (exact) mass is 310 g/mol. The molecule has 4 heteroatoms. The van der Waals surface area contributed by atoms with Gasteiger partial charge in [0.05, 0.1) is 0 Å². The smallest absolute Gasteiger partial charge is 0.250 e. The number of hydrogen-bond donors (Lipinski definition) is 2. The molecule has 0 radical (unpaired) electrons. The van der Waals surface area contributed by atoms with E-state index in [1.807, 2.05) is 62.4 Å². The van der Waals surface area contributed by atoms with Crippen LogP contribution in [-0.4, -0.2) is 11.0 Å². The molecular weight excluding hydrogens is 292 g/mol. The van der Waals surface area contributed by atoms with Gasteiger partial charge in [0, 0.05) is 11.8 Å². The Kier molecular flexibility index (Phi) is 5.44. The van der Waals surface area contributed by atoms with Crippen LogP contribution in [0, 0.1) is 13.8 Å². The summed E-state index contributed by atoms with van der Waals surface area (Å²) in [7, 11) is 0. The van der Waals surface area contributed by atoms with E-state index in [-0.39, 0.29) is 11.0 Å². The second-order valence-corrected chi connectivity index (χ2v) is 5.46. The predicted molar refractivity (Wildman–Crippen MR) is 95.8 cm³/mol. The molecule has 0 fully saturated rings. The SMILES string of the molecule is Cc1ccc(/C=C/C(=O)NC(=S)Nc2ccc(C)cc2)cc1. The third kappa shape index (κ3) is 5.14. The second kappa shape index (κ2) is 7.52. The van der Waals surface area contributed by atoms with Crippen LogP contribution in [0.15, 0.2) is 54.6 Å². The van der Waals surface area contributed by atoms with Crippen LogP contribution in [0.25, 0.3) is 6.08 Å². The van der Waals surface area contributed by atoms with Crippen molar-refractivity contribution >= 4 is 35.0 Å². The lowest BCUT2D eigenvalue weighted by Gasteiger charge is -2.08. The predicted octanol–water partition coefficient (Wildman–Crippen LogP) is 3.83. The molecule has 0 heterocycles. The van der Waals surface area contributed by atoms with Crippen LogP contribution in [0.2, 0.25) is 0 Å². The number of aryl methyl sites for hydroxylation is 2. The standard InChI is InChI=1S/C18H18N2OS/c1-13-3-7-15(8-4-13)9-12-17(21)20-18(22)19-16-10-5-14(2)6-11-16/h3-12H,1-2H3,(H2,19,20,21,22)/b12-9+. The zero-order valence-corrected chi connectivity index (χ0v) is 13.4. The summed E-state index contributed by atoms with van der Waals surface area (Å²) >= 11 is 5.12. The van der Waals surface area contributed by atoms with Crippen molar-refractivity contribution in [3.05, 3.63) is 71.3 Å². The first-order valence-electron chi connectivity index (χ1n) is 6.96. The first kappa shape index (κ1) is 15.9. The summed E-state index contributed by atoms with van der Waals surface area (Å²) < 4.78 is 0. The highest BCUT2D eigenvalue weighted by Crippen LogP contribution is 2.08. The highest BCUT2D eigenvalue weighted by atomic mass is 32.1. The quantitative estimate of drug-likeness (QED) is 0.669. The van der Waals surface area contributed by atoms with E-state index in [0.29, 0.717) is 0 Å². The number of hydrogen-bond acceptors (Lipinski definition) is 2. The fraction of sp³-hybridized carbons (Fsp3) is 0.111. The van der Waals surface area contributed by atoms with Gasteiger partial charge in [0.25, 0.3) is 0 Å². The Labute approximate surface area is 136 Å². The lowest BCUT2D eigenvalue weighted by atomic mass is 10.1. The van der Waals surface area contributed by atoms with Gasteiger partial charge in [0.15, 0.2) is 5.11 Å². The second-order valence-electron chi connectivity index (χ2n) is 5.05. The third-order valence-electron chi connectivity index (χ3n) is 3.05. The van der Waals surface area contributed by atoms with Crippen LogP contribution >= 0.6 is 12.2 Å². The summed E-state index contributed by atoms with van der Waals surface area (Å²) in [6.45, 7) is 4.04. The van der Waals surface area contributed by atoms with Crippen molar-refractivity contribution in [2.24, 2.45) is 0 Å². The van der Waals surface area contributed by atoms with E-state index in [9.17, 15) is 4.79 Å². The first-order valence-corrected chi connectivity index (χ1v) is 7.37. The van der Waals surface area contributed by atoms with E-state index < -0.39 is 0 Å². The van der Waals surface area contributed by atoms with Crippen LogP contribution < -0.4 is 10.6 Å². The molecule has 112 valence electrons. The van der Waals surface area contributed by atoms with E-state index in [4.69, 9.17) is 12.2 Å². The van der Waals surface area contributed by atoms with Gasteiger partial charge < -0.3 is 5.32 Å². The van der Waals surface area contributed by atoms with Gasteiger partial charge in [-0.25, -0.2) is 0 Å². The molecule has 1 amide bonds. The molecule has 3 nitrogen and oxygen atoms in total. The maximum atomic E-state index is 11.8. The highest BCUT2D eigenvalue weighted by molar-refractivity contribution is 7.80. The average molecular weight is 310 g/mol. The summed E-state index contributed by atoms with van der Waals surface area (Å²) in [5.41, 5.74) is 4.17. The van der Waals surface area contributed by atoms with Gasteiger partial charge in [-0.1, -0.05) is 47.5 Å². The van der Waals surface area contributed by atoms with E-state index in [2.05, 4.69) is 10.6 Å². The number of amides is 1. The molecule has 2 rings (SSSR count). The molecule has 0 aliphatic carbocycles. The van der Waals surface area contributed by atoms with Crippen LogP contribution in [0.3, 0.4) is 0 Å². The maximum absolute atomic E-state index is 11.8. The van der Waals surface area contributed by atoms with Crippen molar-refractivity contribution in [1.29, 1.82) is 0 Å². The van der Waals surface area contributed by atoms with Crippen molar-refractivity contribution in [1.82, 2.24) is 5.32 Å². The number of anilines is 1. The van der Waals surface area contributed by atoms with Gasteiger partial charge >= 0.3 is 0 Å². The van der Waals surface area contributed by atoms with Crippen molar-refractivity contribution in [3.8, 4) is 0 Å².